The first-order chi connectivity index (χ1) is 9.35. The van der Waals surface area contributed by atoms with E-state index in [2.05, 4.69) is 9.71 Å². The van der Waals surface area contributed by atoms with E-state index in [0.717, 1.165) is 5.56 Å². The van der Waals surface area contributed by atoms with E-state index in [-0.39, 0.29) is 10.2 Å². The van der Waals surface area contributed by atoms with Crippen molar-refractivity contribution in [2.24, 2.45) is 7.05 Å². The highest BCUT2D eigenvalue weighted by molar-refractivity contribution is 7.92. The van der Waals surface area contributed by atoms with E-state index in [4.69, 9.17) is 16.3 Å². The highest BCUT2D eigenvalue weighted by Gasteiger charge is 2.22. The fourth-order valence-corrected chi connectivity index (χ4v) is 3.20. The van der Waals surface area contributed by atoms with Crippen molar-refractivity contribution in [3.8, 4) is 5.75 Å². The van der Waals surface area contributed by atoms with E-state index in [9.17, 15) is 8.42 Å². The summed E-state index contributed by atoms with van der Waals surface area (Å²) in [5, 5.41) is -0.141. The minimum absolute atomic E-state index is 0.0581. The summed E-state index contributed by atoms with van der Waals surface area (Å²) in [6, 6.07) is 4.97. The van der Waals surface area contributed by atoms with Gasteiger partial charge in [-0.1, -0.05) is 11.6 Å². The number of nitrogens with one attached hydrogen (secondary N) is 1. The number of halogens is 1. The first-order valence-corrected chi connectivity index (χ1v) is 7.55. The summed E-state index contributed by atoms with van der Waals surface area (Å²) in [6.07, 6.45) is 1.34. The Hall–Kier alpha value is -1.73. The first kappa shape index (κ1) is 14.7. The van der Waals surface area contributed by atoms with Gasteiger partial charge in [-0.2, -0.15) is 8.42 Å². The van der Waals surface area contributed by atoms with Crippen molar-refractivity contribution in [3.63, 3.8) is 0 Å². The molecule has 1 aromatic heterocycles. The molecule has 2 rings (SSSR count). The quantitative estimate of drug-likeness (QED) is 0.938. The van der Waals surface area contributed by atoms with Crippen LogP contribution in [0.3, 0.4) is 0 Å². The molecule has 0 amide bonds. The van der Waals surface area contributed by atoms with Gasteiger partial charge < -0.3 is 9.30 Å². The maximum absolute atomic E-state index is 12.2. The predicted octanol–water partition coefficient (Wildman–Crippen LogP) is 2.19. The summed E-state index contributed by atoms with van der Waals surface area (Å²) in [6.45, 7) is 1.82. The van der Waals surface area contributed by atoms with E-state index in [1.165, 1.54) is 10.9 Å². The summed E-state index contributed by atoms with van der Waals surface area (Å²) < 4.78 is 33.4. The van der Waals surface area contributed by atoms with Crippen LogP contribution in [0.1, 0.15) is 5.56 Å². The number of methoxy groups -OCH3 is 1. The molecule has 0 aliphatic rings. The monoisotopic (exact) mass is 315 g/mol. The zero-order chi connectivity index (χ0) is 14.9. The molecular formula is C12H14ClN3O3S. The number of imidazole rings is 1. The van der Waals surface area contributed by atoms with Crippen LogP contribution in [0.2, 0.25) is 5.15 Å². The Morgan fingerprint density at radius 3 is 2.60 bits per heavy atom. The Balaban J connectivity index is 2.33. The lowest BCUT2D eigenvalue weighted by Gasteiger charge is -2.09. The topological polar surface area (TPSA) is 73.2 Å². The van der Waals surface area contributed by atoms with Crippen molar-refractivity contribution in [1.29, 1.82) is 0 Å². The molecule has 0 aliphatic heterocycles. The Morgan fingerprint density at radius 2 is 2.10 bits per heavy atom. The van der Waals surface area contributed by atoms with Crippen molar-refractivity contribution in [2.75, 3.05) is 11.8 Å². The van der Waals surface area contributed by atoms with Gasteiger partial charge in [0.1, 0.15) is 10.9 Å². The van der Waals surface area contributed by atoms with E-state index < -0.39 is 10.0 Å². The number of hydrogen-bond donors (Lipinski definition) is 1. The van der Waals surface area contributed by atoms with Crippen molar-refractivity contribution in [1.82, 2.24) is 9.55 Å². The normalized spacial score (nSPS) is 11.4. The van der Waals surface area contributed by atoms with Gasteiger partial charge in [-0.25, -0.2) is 4.98 Å². The van der Waals surface area contributed by atoms with Crippen molar-refractivity contribution >= 4 is 27.3 Å². The Bertz CT molecular complexity index is 740. The van der Waals surface area contributed by atoms with Gasteiger partial charge in [0.25, 0.3) is 10.0 Å². The predicted molar refractivity (Wildman–Crippen MR) is 76.8 cm³/mol. The zero-order valence-corrected chi connectivity index (χ0v) is 12.8. The number of nitrogens with zero attached hydrogens (tertiary/aromatic N) is 2. The molecule has 0 saturated heterocycles. The average Bonchev–Trinajstić information content (AvgIpc) is 2.70. The van der Waals surface area contributed by atoms with Crippen LogP contribution in [0.4, 0.5) is 5.69 Å². The summed E-state index contributed by atoms with van der Waals surface area (Å²) in [4.78, 5) is 3.80. The molecule has 0 unspecified atom stereocenters. The van der Waals surface area contributed by atoms with Gasteiger partial charge >= 0.3 is 0 Å². The number of hydrogen-bond acceptors (Lipinski definition) is 4. The van der Waals surface area contributed by atoms with E-state index in [1.807, 2.05) is 6.92 Å². The molecule has 0 saturated carbocycles. The third kappa shape index (κ3) is 2.73. The highest BCUT2D eigenvalue weighted by atomic mass is 35.5. The Kier molecular flexibility index (Phi) is 3.92. The third-order valence-corrected chi connectivity index (χ3v) is 4.61. The van der Waals surface area contributed by atoms with Gasteiger partial charge in [0.15, 0.2) is 0 Å². The second-order valence-corrected chi connectivity index (χ2v) is 6.20. The number of sulfonamides is 1. The average molecular weight is 316 g/mol. The van der Waals surface area contributed by atoms with Crippen LogP contribution in [0.25, 0.3) is 0 Å². The molecule has 0 atom stereocenters. The number of aromatic nitrogens is 2. The second kappa shape index (κ2) is 5.34. The van der Waals surface area contributed by atoms with Crippen LogP contribution < -0.4 is 9.46 Å². The molecule has 6 nitrogen and oxygen atoms in total. The molecule has 8 heteroatoms. The van der Waals surface area contributed by atoms with Crippen LogP contribution in [0.15, 0.2) is 29.6 Å². The van der Waals surface area contributed by atoms with Gasteiger partial charge in [-0.3, -0.25) is 4.72 Å². The molecule has 0 fully saturated rings. The number of anilines is 1. The molecule has 1 aromatic carbocycles. The van der Waals surface area contributed by atoms with Gasteiger partial charge in [0, 0.05) is 12.7 Å². The lowest BCUT2D eigenvalue weighted by atomic mass is 10.2. The third-order valence-electron chi connectivity index (χ3n) is 2.74. The van der Waals surface area contributed by atoms with Crippen LogP contribution >= 0.6 is 11.6 Å². The van der Waals surface area contributed by atoms with Crippen LogP contribution in [-0.4, -0.2) is 25.1 Å². The maximum atomic E-state index is 12.2. The van der Waals surface area contributed by atoms with E-state index >= 15 is 0 Å². The number of rotatable bonds is 4. The smallest absolute Gasteiger partial charge is 0.282 e. The summed E-state index contributed by atoms with van der Waals surface area (Å²) in [7, 11) is -0.642. The standard InChI is InChI=1S/C12H14ClN3O3S/c1-8-6-9(4-5-10(8)19-3)15-20(17,18)12-11(13)16(2)7-14-12/h4-7,15H,1-3H3. The van der Waals surface area contributed by atoms with Gasteiger partial charge in [0.05, 0.1) is 13.4 Å². The summed E-state index contributed by atoms with van der Waals surface area (Å²) in [5.41, 5.74) is 1.24. The zero-order valence-electron chi connectivity index (χ0n) is 11.2. The van der Waals surface area contributed by atoms with Gasteiger partial charge in [0.2, 0.25) is 5.03 Å². The van der Waals surface area contributed by atoms with E-state index in [1.54, 1.807) is 32.4 Å². The molecule has 0 radical (unpaired) electrons. The van der Waals surface area contributed by atoms with Crippen LogP contribution in [0.5, 0.6) is 5.75 Å². The largest absolute Gasteiger partial charge is 0.496 e. The molecule has 108 valence electrons. The molecule has 0 spiro atoms. The van der Waals surface area contributed by atoms with Crippen LogP contribution in [0, 0.1) is 6.92 Å². The Labute approximate surface area is 122 Å². The Morgan fingerprint density at radius 1 is 1.40 bits per heavy atom. The number of ether oxygens (including phenoxy) is 1. The molecule has 2 aromatic rings. The van der Waals surface area contributed by atoms with Crippen molar-refractivity contribution in [3.05, 3.63) is 35.2 Å². The maximum Gasteiger partial charge on any atom is 0.282 e. The fraction of sp³-hybridized carbons (Fsp3) is 0.250. The molecular weight excluding hydrogens is 302 g/mol. The molecule has 0 bridgehead atoms. The lowest BCUT2D eigenvalue weighted by molar-refractivity contribution is 0.412. The van der Waals surface area contributed by atoms with Crippen LogP contribution in [-0.2, 0) is 17.1 Å². The number of aryl methyl sites for hydroxylation is 2. The molecule has 1 N–H and O–H groups in total. The molecule has 20 heavy (non-hydrogen) atoms. The SMILES string of the molecule is COc1ccc(NS(=O)(=O)c2ncn(C)c2Cl)cc1C. The fourth-order valence-electron chi connectivity index (χ4n) is 1.72. The van der Waals surface area contributed by atoms with Gasteiger partial charge in [-0.15, -0.1) is 0 Å². The molecule has 0 aliphatic carbocycles. The lowest BCUT2D eigenvalue weighted by Crippen LogP contribution is -2.14. The molecule has 1 heterocycles. The van der Waals surface area contributed by atoms with Crippen molar-refractivity contribution in [2.45, 2.75) is 11.9 Å². The first-order valence-electron chi connectivity index (χ1n) is 5.69. The van der Waals surface area contributed by atoms with Gasteiger partial charge in [-0.05, 0) is 30.7 Å². The minimum atomic E-state index is -3.81. The highest BCUT2D eigenvalue weighted by Crippen LogP contribution is 2.25. The summed E-state index contributed by atoms with van der Waals surface area (Å²) >= 11 is 5.90. The van der Waals surface area contributed by atoms with E-state index in [0.29, 0.717) is 11.4 Å². The van der Waals surface area contributed by atoms with Crippen molar-refractivity contribution < 1.29 is 13.2 Å². The minimum Gasteiger partial charge on any atom is -0.496 e. The summed E-state index contributed by atoms with van der Waals surface area (Å²) in [5.74, 6) is 0.684. The second-order valence-electron chi connectivity index (χ2n) is 4.24. The number of benzene rings is 1.